The number of nitrogens with zero attached hydrogens (tertiary/aromatic N) is 4. The molecule has 2 aliphatic rings. The molecule has 0 amide bonds. The van der Waals surface area contributed by atoms with Gasteiger partial charge in [-0.1, -0.05) is 0 Å². The van der Waals surface area contributed by atoms with Gasteiger partial charge >= 0.3 is 0 Å². The smallest absolute Gasteiger partial charge is 0.200 e. The molecule has 2 fully saturated rings. The second-order valence-electron chi connectivity index (χ2n) is 6.48. The van der Waals surface area contributed by atoms with Crippen LogP contribution in [0.3, 0.4) is 0 Å². The molecule has 2 aromatic rings. The Morgan fingerprint density at radius 3 is 2.91 bits per heavy atom. The lowest BCUT2D eigenvalue weighted by atomic mass is 9.81. The fourth-order valence-corrected chi connectivity index (χ4v) is 3.03. The van der Waals surface area contributed by atoms with Crippen molar-refractivity contribution >= 4 is 11.3 Å². The number of aromatic nitrogens is 4. The van der Waals surface area contributed by atoms with E-state index in [0.29, 0.717) is 25.7 Å². The lowest BCUT2D eigenvalue weighted by molar-refractivity contribution is -0.00857. The highest BCUT2D eigenvalue weighted by atomic mass is 16.5. The van der Waals surface area contributed by atoms with Crippen LogP contribution >= 0.6 is 0 Å². The van der Waals surface area contributed by atoms with Gasteiger partial charge in [-0.25, -0.2) is 0 Å². The van der Waals surface area contributed by atoms with Crippen molar-refractivity contribution in [2.45, 2.75) is 31.6 Å². The number of ether oxygens (including phenoxy) is 1. The first-order valence-electron chi connectivity index (χ1n) is 7.93. The second-order valence-corrected chi connectivity index (χ2v) is 6.48. The largest absolute Gasteiger partial charge is 0.396 e. The minimum atomic E-state index is -0.113. The van der Waals surface area contributed by atoms with Crippen molar-refractivity contribution in [1.82, 2.24) is 19.8 Å². The number of hydrogen-bond donors (Lipinski definition) is 2. The van der Waals surface area contributed by atoms with Crippen LogP contribution in [0.25, 0.3) is 5.65 Å². The Balaban J connectivity index is 1.58. The molecule has 118 valence electrons. The summed E-state index contributed by atoms with van der Waals surface area (Å²) in [5.74, 6) is 0.572. The normalized spacial score (nSPS) is 21.1. The van der Waals surface area contributed by atoms with E-state index in [2.05, 4.69) is 26.7 Å². The molecule has 0 aromatic carbocycles. The highest BCUT2D eigenvalue weighted by Gasteiger charge is 2.32. The van der Waals surface area contributed by atoms with Gasteiger partial charge in [0.05, 0.1) is 18.0 Å². The minimum Gasteiger partial charge on any atom is -0.396 e. The van der Waals surface area contributed by atoms with Gasteiger partial charge in [-0.3, -0.25) is 0 Å². The van der Waals surface area contributed by atoms with E-state index >= 15 is 0 Å². The SMILES string of the molecule is OCC1(CNc2cc(C3CC3)nn3cnnc23)CCOCC1. The number of nitrogens with one attached hydrogen (secondary N) is 1. The summed E-state index contributed by atoms with van der Waals surface area (Å²) in [5.41, 5.74) is 2.68. The van der Waals surface area contributed by atoms with E-state index in [1.807, 2.05) is 0 Å². The maximum atomic E-state index is 9.80. The molecule has 3 heterocycles. The van der Waals surface area contributed by atoms with Crippen molar-refractivity contribution in [3.8, 4) is 0 Å². The third kappa shape index (κ3) is 2.55. The van der Waals surface area contributed by atoms with Gasteiger partial charge < -0.3 is 15.2 Å². The number of hydrogen-bond acceptors (Lipinski definition) is 6. The molecule has 7 heteroatoms. The lowest BCUT2D eigenvalue weighted by Crippen LogP contribution is -2.39. The summed E-state index contributed by atoms with van der Waals surface area (Å²) in [6, 6.07) is 2.09. The summed E-state index contributed by atoms with van der Waals surface area (Å²) in [6.45, 7) is 2.31. The molecule has 1 aliphatic carbocycles. The fraction of sp³-hybridized carbons (Fsp3) is 0.667. The molecule has 1 aliphatic heterocycles. The minimum absolute atomic E-state index is 0.113. The first-order chi connectivity index (χ1) is 10.8. The third-order valence-corrected chi connectivity index (χ3v) is 4.83. The van der Waals surface area contributed by atoms with Crippen LogP contribution in [0.4, 0.5) is 5.69 Å². The summed E-state index contributed by atoms with van der Waals surface area (Å²) in [6.07, 6.45) is 5.80. The van der Waals surface area contributed by atoms with Gasteiger partial charge in [-0.2, -0.15) is 9.61 Å². The van der Waals surface area contributed by atoms with E-state index in [0.717, 1.165) is 29.9 Å². The Morgan fingerprint density at radius 2 is 2.18 bits per heavy atom. The van der Waals surface area contributed by atoms with Crippen LogP contribution in [-0.2, 0) is 4.74 Å². The summed E-state index contributed by atoms with van der Waals surface area (Å²) in [5, 5.41) is 26.0. The molecule has 0 unspecified atom stereocenters. The monoisotopic (exact) mass is 303 g/mol. The molecule has 2 N–H and O–H groups in total. The van der Waals surface area contributed by atoms with Crippen LogP contribution in [0.2, 0.25) is 0 Å². The number of aliphatic hydroxyl groups is 1. The Kier molecular flexibility index (Phi) is 3.46. The van der Waals surface area contributed by atoms with E-state index in [1.165, 1.54) is 12.8 Å². The van der Waals surface area contributed by atoms with Gasteiger partial charge in [0.25, 0.3) is 0 Å². The van der Waals surface area contributed by atoms with Gasteiger partial charge in [0.2, 0.25) is 5.65 Å². The predicted octanol–water partition coefficient (Wildman–Crippen LogP) is 1.20. The van der Waals surface area contributed by atoms with Crippen molar-refractivity contribution < 1.29 is 9.84 Å². The number of anilines is 1. The van der Waals surface area contributed by atoms with Crippen molar-refractivity contribution in [2.75, 3.05) is 31.7 Å². The van der Waals surface area contributed by atoms with Crippen LogP contribution in [0.5, 0.6) is 0 Å². The Hall–Kier alpha value is -1.73. The zero-order valence-corrected chi connectivity index (χ0v) is 12.5. The van der Waals surface area contributed by atoms with E-state index in [4.69, 9.17) is 4.74 Å². The predicted molar refractivity (Wildman–Crippen MR) is 80.8 cm³/mol. The Morgan fingerprint density at radius 1 is 1.36 bits per heavy atom. The first-order valence-corrected chi connectivity index (χ1v) is 7.93. The molecule has 2 aromatic heterocycles. The summed E-state index contributed by atoms with van der Waals surface area (Å²) >= 11 is 0. The number of fused-ring (bicyclic) bond motifs is 1. The zero-order valence-electron chi connectivity index (χ0n) is 12.5. The third-order valence-electron chi connectivity index (χ3n) is 4.83. The molecule has 0 radical (unpaired) electrons. The van der Waals surface area contributed by atoms with Crippen LogP contribution in [0, 0.1) is 5.41 Å². The topological polar surface area (TPSA) is 84.6 Å². The molecule has 4 rings (SSSR count). The van der Waals surface area contributed by atoms with Gasteiger partial charge in [-0.05, 0) is 31.7 Å². The summed E-state index contributed by atoms with van der Waals surface area (Å²) in [4.78, 5) is 0. The second kappa shape index (κ2) is 5.48. The Labute approximate surface area is 128 Å². The van der Waals surface area contributed by atoms with E-state index in [9.17, 15) is 5.11 Å². The zero-order chi connectivity index (χ0) is 15.0. The molecule has 0 spiro atoms. The van der Waals surface area contributed by atoms with Crippen LogP contribution in [-0.4, -0.2) is 51.3 Å². The van der Waals surface area contributed by atoms with Gasteiger partial charge in [-0.15, -0.1) is 10.2 Å². The highest BCUT2D eigenvalue weighted by molar-refractivity contribution is 5.67. The van der Waals surface area contributed by atoms with Crippen molar-refractivity contribution in [3.05, 3.63) is 18.1 Å². The van der Waals surface area contributed by atoms with E-state index < -0.39 is 0 Å². The van der Waals surface area contributed by atoms with Crippen LogP contribution in [0.15, 0.2) is 12.4 Å². The average Bonchev–Trinajstić information content (AvgIpc) is 3.31. The quantitative estimate of drug-likeness (QED) is 0.863. The van der Waals surface area contributed by atoms with Gasteiger partial charge in [0, 0.05) is 31.1 Å². The van der Waals surface area contributed by atoms with Crippen molar-refractivity contribution in [1.29, 1.82) is 0 Å². The lowest BCUT2D eigenvalue weighted by Gasteiger charge is -2.35. The van der Waals surface area contributed by atoms with Crippen molar-refractivity contribution in [3.63, 3.8) is 0 Å². The molecular formula is C15H21N5O2. The van der Waals surface area contributed by atoms with Crippen molar-refractivity contribution in [2.24, 2.45) is 5.41 Å². The molecule has 7 nitrogen and oxygen atoms in total. The van der Waals surface area contributed by atoms with Crippen LogP contribution < -0.4 is 5.32 Å². The molecular weight excluding hydrogens is 282 g/mol. The standard InChI is InChI=1S/C15H21N5O2/c21-9-15(3-5-22-6-4-15)8-16-13-7-12(11-1-2-11)19-20-10-17-18-14(13)20/h7,10-11,16,21H,1-6,8-9H2. The van der Waals surface area contributed by atoms with E-state index in [1.54, 1.807) is 10.8 Å². The molecule has 0 atom stereocenters. The number of rotatable bonds is 5. The first kappa shape index (κ1) is 13.9. The van der Waals surface area contributed by atoms with E-state index in [-0.39, 0.29) is 12.0 Å². The molecule has 1 saturated heterocycles. The van der Waals surface area contributed by atoms with Gasteiger partial charge in [0.15, 0.2) is 0 Å². The maximum Gasteiger partial charge on any atom is 0.200 e. The maximum absolute atomic E-state index is 9.80. The summed E-state index contributed by atoms with van der Waals surface area (Å²) in [7, 11) is 0. The van der Waals surface area contributed by atoms with Crippen LogP contribution in [0.1, 0.15) is 37.3 Å². The molecule has 0 bridgehead atoms. The fourth-order valence-electron chi connectivity index (χ4n) is 3.03. The molecule has 1 saturated carbocycles. The summed E-state index contributed by atoms with van der Waals surface area (Å²) < 4.78 is 7.16. The number of aliphatic hydroxyl groups excluding tert-OH is 1. The Bertz CT molecular complexity index is 661. The van der Waals surface area contributed by atoms with Gasteiger partial charge in [0.1, 0.15) is 6.33 Å². The average molecular weight is 303 g/mol. The highest BCUT2D eigenvalue weighted by Crippen LogP contribution is 2.40. The molecule has 22 heavy (non-hydrogen) atoms.